The van der Waals surface area contributed by atoms with Crippen LogP contribution in [0.25, 0.3) is 0 Å². The summed E-state index contributed by atoms with van der Waals surface area (Å²) < 4.78 is 29.5. The third-order valence-corrected chi connectivity index (χ3v) is 5.43. The summed E-state index contributed by atoms with van der Waals surface area (Å²) in [6.07, 6.45) is 2.85. The van der Waals surface area contributed by atoms with Gasteiger partial charge < -0.3 is 0 Å². The van der Waals surface area contributed by atoms with Crippen molar-refractivity contribution >= 4 is 15.8 Å². The minimum Gasteiger partial charge on any atom is -0.263 e. The molecule has 112 valence electrons. The molecular formula is C15H19N3O2S. The number of rotatable bonds is 3. The van der Waals surface area contributed by atoms with Crippen molar-refractivity contribution in [1.29, 1.82) is 0 Å². The molecule has 0 saturated heterocycles. The molecule has 0 unspecified atom stereocenters. The van der Waals surface area contributed by atoms with E-state index in [1.165, 1.54) is 0 Å². The number of benzene rings is 1. The van der Waals surface area contributed by atoms with Crippen LogP contribution in [-0.2, 0) is 29.9 Å². The molecule has 1 aliphatic carbocycles. The Labute approximate surface area is 125 Å². The zero-order chi connectivity index (χ0) is 15.2. The lowest BCUT2D eigenvalue weighted by Gasteiger charge is -2.11. The number of sulfonamides is 1. The Bertz CT molecular complexity index is 807. The second-order valence-electron chi connectivity index (χ2n) is 5.60. The van der Waals surface area contributed by atoms with E-state index in [2.05, 4.69) is 9.82 Å². The summed E-state index contributed by atoms with van der Waals surface area (Å²) in [6.45, 7) is 3.88. The largest absolute Gasteiger partial charge is 0.263 e. The number of aromatic nitrogens is 2. The van der Waals surface area contributed by atoms with Crippen molar-refractivity contribution in [2.75, 3.05) is 4.72 Å². The van der Waals surface area contributed by atoms with E-state index in [1.807, 2.05) is 19.9 Å². The lowest BCUT2D eigenvalue weighted by atomic mass is 10.1. The zero-order valence-corrected chi connectivity index (χ0v) is 13.3. The van der Waals surface area contributed by atoms with Gasteiger partial charge in [0.1, 0.15) is 5.82 Å². The van der Waals surface area contributed by atoms with Gasteiger partial charge >= 0.3 is 0 Å². The second kappa shape index (κ2) is 4.87. The summed E-state index contributed by atoms with van der Waals surface area (Å²) in [4.78, 5) is 0.290. The zero-order valence-electron chi connectivity index (χ0n) is 12.5. The molecule has 0 saturated carbocycles. The fourth-order valence-electron chi connectivity index (χ4n) is 2.71. The lowest BCUT2D eigenvalue weighted by molar-refractivity contribution is 0.600. The third-order valence-electron chi connectivity index (χ3n) is 4.09. The van der Waals surface area contributed by atoms with E-state index < -0.39 is 10.0 Å². The number of nitrogens with zero attached hydrogens (tertiary/aromatic N) is 2. The summed E-state index contributed by atoms with van der Waals surface area (Å²) in [5.74, 6) is 0.598. The van der Waals surface area contributed by atoms with Crippen LogP contribution in [0.2, 0.25) is 0 Å². The Kier molecular flexibility index (Phi) is 3.28. The van der Waals surface area contributed by atoms with E-state index in [4.69, 9.17) is 0 Å². The quantitative estimate of drug-likeness (QED) is 0.946. The summed E-state index contributed by atoms with van der Waals surface area (Å²) in [5, 5.41) is 4.39. The van der Waals surface area contributed by atoms with Gasteiger partial charge in [-0.15, -0.1) is 0 Å². The molecule has 1 heterocycles. The first-order valence-corrected chi connectivity index (χ1v) is 8.51. The fraction of sp³-hybridized carbons (Fsp3) is 0.400. The minimum atomic E-state index is -3.58. The molecule has 0 aliphatic heterocycles. The predicted molar refractivity (Wildman–Crippen MR) is 82.0 cm³/mol. The molecule has 2 aromatic rings. The first-order chi connectivity index (χ1) is 9.88. The molecule has 0 bridgehead atoms. The van der Waals surface area contributed by atoms with Crippen molar-refractivity contribution in [1.82, 2.24) is 9.78 Å². The van der Waals surface area contributed by atoms with Gasteiger partial charge in [0.2, 0.25) is 0 Å². The van der Waals surface area contributed by atoms with Crippen LogP contribution in [0.5, 0.6) is 0 Å². The average molecular weight is 305 g/mol. The van der Waals surface area contributed by atoms with E-state index in [0.29, 0.717) is 10.7 Å². The molecule has 1 aromatic heterocycles. The Morgan fingerprint density at radius 2 is 1.95 bits per heavy atom. The van der Waals surface area contributed by atoms with Gasteiger partial charge in [0.15, 0.2) is 0 Å². The maximum Gasteiger partial charge on any atom is 0.263 e. The topological polar surface area (TPSA) is 64.0 Å². The van der Waals surface area contributed by atoms with Crippen molar-refractivity contribution in [3.8, 4) is 0 Å². The summed E-state index contributed by atoms with van der Waals surface area (Å²) in [6, 6.07) is 5.17. The van der Waals surface area contributed by atoms with E-state index in [0.717, 1.165) is 41.6 Å². The summed E-state index contributed by atoms with van der Waals surface area (Å²) >= 11 is 0. The maximum atomic E-state index is 12.6. The Balaban J connectivity index is 1.98. The Hall–Kier alpha value is -1.82. The van der Waals surface area contributed by atoms with Crippen molar-refractivity contribution < 1.29 is 8.42 Å². The van der Waals surface area contributed by atoms with Crippen LogP contribution < -0.4 is 4.72 Å². The number of aryl methyl sites for hydroxylation is 4. The van der Waals surface area contributed by atoms with Gasteiger partial charge in [0, 0.05) is 12.6 Å². The second-order valence-corrected chi connectivity index (χ2v) is 7.28. The van der Waals surface area contributed by atoms with Crippen LogP contribution in [0.1, 0.15) is 28.8 Å². The Morgan fingerprint density at radius 1 is 1.19 bits per heavy atom. The SMILES string of the molecule is Cc1ccc(S(=O)(=O)Nc2c3c(nn2C)CCC3)cc1C. The summed E-state index contributed by atoms with van der Waals surface area (Å²) in [7, 11) is -1.80. The highest BCUT2D eigenvalue weighted by atomic mass is 32.2. The Morgan fingerprint density at radius 3 is 2.67 bits per heavy atom. The molecule has 5 nitrogen and oxygen atoms in total. The predicted octanol–water partition coefficient (Wildman–Crippen LogP) is 2.33. The van der Waals surface area contributed by atoms with Gasteiger partial charge in [-0.05, 0) is 56.4 Å². The van der Waals surface area contributed by atoms with E-state index in [1.54, 1.807) is 23.9 Å². The van der Waals surface area contributed by atoms with Crippen LogP contribution in [0.3, 0.4) is 0 Å². The van der Waals surface area contributed by atoms with Crippen molar-refractivity contribution in [3.63, 3.8) is 0 Å². The standard InChI is InChI=1S/C15H19N3O2S/c1-10-7-8-12(9-11(10)2)21(19,20)17-15-13-5-4-6-14(13)16-18(15)3/h7-9,17H,4-6H2,1-3H3. The molecule has 1 N–H and O–H groups in total. The van der Waals surface area contributed by atoms with Crippen molar-refractivity contribution in [3.05, 3.63) is 40.6 Å². The van der Waals surface area contributed by atoms with Crippen LogP contribution in [0.15, 0.2) is 23.1 Å². The van der Waals surface area contributed by atoms with Crippen LogP contribution in [0.4, 0.5) is 5.82 Å². The molecule has 3 rings (SSSR count). The highest BCUT2D eigenvalue weighted by molar-refractivity contribution is 7.92. The molecule has 6 heteroatoms. The van der Waals surface area contributed by atoms with E-state index >= 15 is 0 Å². The molecule has 1 aliphatic rings. The first kappa shape index (κ1) is 14.1. The maximum absolute atomic E-state index is 12.6. The molecule has 0 atom stereocenters. The van der Waals surface area contributed by atoms with Gasteiger partial charge in [-0.1, -0.05) is 6.07 Å². The van der Waals surface area contributed by atoms with Gasteiger partial charge in [0.05, 0.1) is 10.6 Å². The highest BCUT2D eigenvalue weighted by Gasteiger charge is 2.25. The molecule has 0 fully saturated rings. The van der Waals surface area contributed by atoms with E-state index in [-0.39, 0.29) is 0 Å². The molecule has 0 spiro atoms. The highest BCUT2D eigenvalue weighted by Crippen LogP contribution is 2.29. The number of anilines is 1. The molecule has 1 aromatic carbocycles. The smallest absolute Gasteiger partial charge is 0.263 e. The number of hydrogen-bond donors (Lipinski definition) is 1. The van der Waals surface area contributed by atoms with Gasteiger partial charge in [0.25, 0.3) is 10.0 Å². The minimum absolute atomic E-state index is 0.290. The third kappa shape index (κ3) is 2.44. The summed E-state index contributed by atoms with van der Waals surface area (Å²) in [5.41, 5.74) is 4.09. The fourth-order valence-corrected chi connectivity index (χ4v) is 3.92. The normalized spacial score (nSPS) is 14.2. The van der Waals surface area contributed by atoms with Crippen molar-refractivity contribution in [2.45, 2.75) is 38.0 Å². The van der Waals surface area contributed by atoms with E-state index in [9.17, 15) is 8.42 Å². The van der Waals surface area contributed by atoms with Crippen molar-refractivity contribution in [2.24, 2.45) is 7.05 Å². The molecule has 0 radical (unpaired) electrons. The molecular weight excluding hydrogens is 286 g/mol. The van der Waals surface area contributed by atoms with Gasteiger partial charge in [-0.2, -0.15) is 5.10 Å². The van der Waals surface area contributed by atoms with Gasteiger partial charge in [-0.25, -0.2) is 8.42 Å². The van der Waals surface area contributed by atoms with Crippen LogP contribution >= 0.6 is 0 Å². The average Bonchev–Trinajstić information content (AvgIpc) is 2.96. The number of fused-ring (bicyclic) bond motifs is 1. The van der Waals surface area contributed by atoms with Gasteiger partial charge in [-0.3, -0.25) is 9.40 Å². The van der Waals surface area contributed by atoms with Crippen LogP contribution in [0, 0.1) is 13.8 Å². The lowest BCUT2D eigenvalue weighted by Crippen LogP contribution is -2.16. The number of hydrogen-bond acceptors (Lipinski definition) is 3. The molecule has 0 amide bonds. The van der Waals surface area contributed by atoms with Crippen LogP contribution in [-0.4, -0.2) is 18.2 Å². The molecule has 21 heavy (non-hydrogen) atoms. The first-order valence-electron chi connectivity index (χ1n) is 7.03. The number of nitrogens with one attached hydrogen (secondary N) is 1. The monoisotopic (exact) mass is 305 g/mol.